The molecule has 0 saturated carbocycles. The Bertz CT molecular complexity index is 864. The number of hydrogen-bond donors (Lipinski definition) is 2. The van der Waals surface area contributed by atoms with Gasteiger partial charge in [0, 0.05) is 37.1 Å². The van der Waals surface area contributed by atoms with Gasteiger partial charge in [-0.15, -0.1) is 0 Å². The maximum absolute atomic E-state index is 12.6. The summed E-state index contributed by atoms with van der Waals surface area (Å²) in [5, 5.41) is 10.2. The Hall–Kier alpha value is -3.22. The molecule has 1 aliphatic rings. The van der Waals surface area contributed by atoms with Crippen molar-refractivity contribution in [1.82, 2.24) is 25.5 Å². The van der Waals surface area contributed by atoms with Crippen molar-refractivity contribution < 1.29 is 4.79 Å². The fourth-order valence-corrected chi connectivity index (χ4v) is 3.19. The predicted molar refractivity (Wildman–Crippen MR) is 98.8 cm³/mol. The van der Waals surface area contributed by atoms with Gasteiger partial charge in [0.2, 0.25) is 5.95 Å². The number of rotatable bonds is 4. The van der Waals surface area contributed by atoms with Crippen molar-refractivity contribution in [3.63, 3.8) is 0 Å². The van der Waals surface area contributed by atoms with Crippen LogP contribution < -0.4 is 10.2 Å². The van der Waals surface area contributed by atoms with Crippen LogP contribution in [0.3, 0.4) is 0 Å². The average Bonchev–Trinajstić information content (AvgIpc) is 3.20. The van der Waals surface area contributed by atoms with Crippen LogP contribution in [0.5, 0.6) is 0 Å². The Morgan fingerprint density at radius 1 is 1.15 bits per heavy atom. The number of anilines is 1. The molecule has 0 bridgehead atoms. The summed E-state index contributed by atoms with van der Waals surface area (Å²) in [5.41, 5.74) is 2.21. The molecular formula is C19H20N6O. The van der Waals surface area contributed by atoms with E-state index in [0.29, 0.717) is 18.2 Å². The summed E-state index contributed by atoms with van der Waals surface area (Å²) >= 11 is 0. The Labute approximate surface area is 151 Å². The molecule has 132 valence electrons. The van der Waals surface area contributed by atoms with E-state index in [-0.39, 0.29) is 11.9 Å². The number of carbonyl (C=O) groups excluding carboxylic acids is 1. The van der Waals surface area contributed by atoms with Gasteiger partial charge in [-0.2, -0.15) is 5.10 Å². The van der Waals surface area contributed by atoms with Crippen LogP contribution in [-0.2, 0) is 0 Å². The molecule has 1 fully saturated rings. The molecular weight excluding hydrogens is 328 g/mol. The molecule has 7 nitrogen and oxygen atoms in total. The minimum atomic E-state index is -0.138. The lowest BCUT2D eigenvalue weighted by atomic mass is 10.1. The normalized spacial score (nSPS) is 17.1. The van der Waals surface area contributed by atoms with Crippen LogP contribution in [0.25, 0.3) is 11.3 Å². The summed E-state index contributed by atoms with van der Waals surface area (Å²) in [6, 6.07) is 13.4. The van der Waals surface area contributed by atoms with Crippen LogP contribution in [0, 0.1) is 0 Å². The first-order valence-electron chi connectivity index (χ1n) is 8.73. The van der Waals surface area contributed by atoms with Gasteiger partial charge >= 0.3 is 0 Å². The number of piperidine rings is 1. The van der Waals surface area contributed by atoms with Crippen LogP contribution >= 0.6 is 0 Å². The number of aromatic nitrogens is 4. The second-order valence-corrected chi connectivity index (χ2v) is 6.34. The van der Waals surface area contributed by atoms with Crippen molar-refractivity contribution in [3.8, 4) is 11.3 Å². The lowest BCUT2D eigenvalue weighted by Gasteiger charge is -2.32. The molecule has 2 aromatic heterocycles. The molecule has 0 aliphatic carbocycles. The molecule has 7 heteroatoms. The summed E-state index contributed by atoms with van der Waals surface area (Å²) in [5.74, 6) is 0.569. The number of hydrogen-bond acceptors (Lipinski definition) is 5. The van der Waals surface area contributed by atoms with Gasteiger partial charge in [0.05, 0.1) is 5.69 Å². The Kier molecular flexibility index (Phi) is 4.59. The van der Waals surface area contributed by atoms with Crippen LogP contribution in [0.4, 0.5) is 5.95 Å². The van der Waals surface area contributed by atoms with Gasteiger partial charge in [0.1, 0.15) is 5.69 Å². The molecule has 2 N–H and O–H groups in total. The minimum absolute atomic E-state index is 0.0588. The molecule has 1 aliphatic heterocycles. The summed E-state index contributed by atoms with van der Waals surface area (Å²) < 4.78 is 0. The van der Waals surface area contributed by atoms with Crippen molar-refractivity contribution >= 4 is 11.9 Å². The number of nitrogens with zero attached hydrogens (tertiary/aromatic N) is 4. The molecule has 1 aromatic carbocycles. The third-order valence-electron chi connectivity index (χ3n) is 4.48. The van der Waals surface area contributed by atoms with E-state index < -0.39 is 0 Å². The van der Waals surface area contributed by atoms with E-state index in [2.05, 4.69) is 30.4 Å². The monoisotopic (exact) mass is 348 g/mol. The van der Waals surface area contributed by atoms with Crippen LogP contribution in [0.1, 0.15) is 23.3 Å². The van der Waals surface area contributed by atoms with Gasteiger partial charge in [-0.25, -0.2) is 9.97 Å². The first-order valence-corrected chi connectivity index (χ1v) is 8.73. The number of amides is 1. The minimum Gasteiger partial charge on any atom is -0.346 e. The average molecular weight is 348 g/mol. The third-order valence-corrected chi connectivity index (χ3v) is 4.48. The van der Waals surface area contributed by atoms with Gasteiger partial charge in [-0.1, -0.05) is 30.3 Å². The molecule has 4 rings (SSSR count). The van der Waals surface area contributed by atoms with Crippen LogP contribution in [-0.4, -0.2) is 45.2 Å². The SMILES string of the molecule is O=C(N[C@@H]1CCCN(c2ncccn2)C1)c1cc(-c2ccccc2)n[nH]1. The van der Waals surface area contributed by atoms with E-state index in [1.807, 2.05) is 30.3 Å². The molecule has 1 amide bonds. The highest BCUT2D eigenvalue weighted by Gasteiger charge is 2.24. The van der Waals surface area contributed by atoms with E-state index in [0.717, 1.165) is 30.6 Å². The zero-order chi connectivity index (χ0) is 17.8. The lowest BCUT2D eigenvalue weighted by molar-refractivity contribution is 0.0928. The quantitative estimate of drug-likeness (QED) is 0.755. The molecule has 26 heavy (non-hydrogen) atoms. The van der Waals surface area contributed by atoms with Gasteiger partial charge in [0.25, 0.3) is 5.91 Å². The van der Waals surface area contributed by atoms with Crippen molar-refractivity contribution in [2.75, 3.05) is 18.0 Å². The van der Waals surface area contributed by atoms with Crippen molar-refractivity contribution in [2.24, 2.45) is 0 Å². The topological polar surface area (TPSA) is 86.8 Å². The van der Waals surface area contributed by atoms with E-state index in [1.54, 1.807) is 24.5 Å². The number of carbonyl (C=O) groups is 1. The second kappa shape index (κ2) is 7.35. The van der Waals surface area contributed by atoms with Crippen molar-refractivity contribution in [1.29, 1.82) is 0 Å². The van der Waals surface area contributed by atoms with Gasteiger partial charge in [-0.05, 0) is 25.0 Å². The smallest absolute Gasteiger partial charge is 0.269 e. The van der Waals surface area contributed by atoms with E-state index >= 15 is 0 Å². The Balaban J connectivity index is 1.41. The zero-order valence-electron chi connectivity index (χ0n) is 14.3. The fourth-order valence-electron chi connectivity index (χ4n) is 3.19. The van der Waals surface area contributed by atoms with E-state index in [9.17, 15) is 4.79 Å². The summed E-state index contributed by atoms with van der Waals surface area (Å²) in [6.07, 6.45) is 5.40. The summed E-state index contributed by atoms with van der Waals surface area (Å²) in [4.78, 5) is 23.3. The first kappa shape index (κ1) is 16.3. The van der Waals surface area contributed by atoms with E-state index in [4.69, 9.17) is 0 Å². The lowest BCUT2D eigenvalue weighted by Crippen LogP contribution is -2.48. The highest BCUT2D eigenvalue weighted by atomic mass is 16.2. The molecule has 1 atom stereocenters. The molecule has 3 heterocycles. The van der Waals surface area contributed by atoms with Gasteiger partial charge in [-0.3, -0.25) is 9.89 Å². The van der Waals surface area contributed by atoms with Crippen molar-refractivity contribution in [3.05, 3.63) is 60.6 Å². The number of nitrogens with one attached hydrogen (secondary N) is 2. The molecule has 3 aromatic rings. The zero-order valence-corrected chi connectivity index (χ0v) is 14.3. The Morgan fingerprint density at radius 2 is 1.96 bits per heavy atom. The fraction of sp³-hybridized carbons (Fsp3) is 0.263. The molecule has 0 radical (unpaired) electrons. The standard InChI is InChI=1S/C19H20N6O/c26-18(17-12-16(23-24-17)14-6-2-1-3-7-14)22-15-8-4-11-25(13-15)19-20-9-5-10-21-19/h1-3,5-7,9-10,12,15H,4,8,11,13H2,(H,22,26)(H,23,24)/t15-/m1/s1. The number of aromatic amines is 1. The maximum Gasteiger partial charge on any atom is 0.269 e. The molecule has 0 unspecified atom stereocenters. The highest BCUT2D eigenvalue weighted by Crippen LogP contribution is 2.18. The molecule has 0 spiro atoms. The second-order valence-electron chi connectivity index (χ2n) is 6.34. The molecule has 1 saturated heterocycles. The number of benzene rings is 1. The Morgan fingerprint density at radius 3 is 2.77 bits per heavy atom. The van der Waals surface area contributed by atoms with Crippen LogP contribution in [0.15, 0.2) is 54.9 Å². The first-order chi connectivity index (χ1) is 12.8. The predicted octanol–water partition coefficient (Wildman–Crippen LogP) is 2.27. The summed E-state index contributed by atoms with van der Waals surface area (Å²) in [6.45, 7) is 1.61. The van der Waals surface area contributed by atoms with Crippen molar-refractivity contribution in [2.45, 2.75) is 18.9 Å². The maximum atomic E-state index is 12.6. The largest absolute Gasteiger partial charge is 0.346 e. The number of H-pyrrole nitrogens is 1. The van der Waals surface area contributed by atoms with Gasteiger partial charge < -0.3 is 10.2 Å². The highest BCUT2D eigenvalue weighted by molar-refractivity contribution is 5.93. The third kappa shape index (κ3) is 3.56. The van der Waals surface area contributed by atoms with Gasteiger partial charge in [0.15, 0.2) is 0 Å². The van der Waals surface area contributed by atoms with E-state index in [1.165, 1.54) is 0 Å². The summed E-state index contributed by atoms with van der Waals surface area (Å²) in [7, 11) is 0. The van der Waals surface area contributed by atoms with Crippen LogP contribution in [0.2, 0.25) is 0 Å².